The van der Waals surface area contributed by atoms with E-state index in [4.69, 9.17) is 9.47 Å². The number of sulfone groups is 1. The predicted octanol–water partition coefficient (Wildman–Crippen LogP) is 0.796. The van der Waals surface area contributed by atoms with Crippen molar-refractivity contribution in [2.45, 2.75) is 12.5 Å². The summed E-state index contributed by atoms with van der Waals surface area (Å²) in [5, 5.41) is 6.84. The summed E-state index contributed by atoms with van der Waals surface area (Å²) >= 11 is 0. The number of hydrogen-bond acceptors (Lipinski definition) is 7. The van der Waals surface area contributed by atoms with Crippen LogP contribution in [0.3, 0.4) is 0 Å². The summed E-state index contributed by atoms with van der Waals surface area (Å²) in [6.45, 7) is 4.54. The Kier molecular flexibility index (Phi) is 9.94. The third-order valence-electron chi connectivity index (χ3n) is 5.61. The maximum absolute atomic E-state index is 11.5. The van der Waals surface area contributed by atoms with Gasteiger partial charge in [-0.2, -0.15) is 0 Å². The number of halogens is 1. The van der Waals surface area contributed by atoms with Gasteiger partial charge in [-0.1, -0.05) is 0 Å². The van der Waals surface area contributed by atoms with E-state index in [1.807, 2.05) is 18.2 Å². The van der Waals surface area contributed by atoms with E-state index in [0.717, 1.165) is 55.7 Å². The Bertz CT molecular complexity index is 816. The smallest absolute Gasteiger partial charge is 0.191 e. The molecule has 2 aliphatic heterocycles. The molecule has 2 N–H and O–H groups in total. The van der Waals surface area contributed by atoms with Crippen LogP contribution in [0.15, 0.2) is 23.2 Å². The Labute approximate surface area is 202 Å². The van der Waals surface area contributed by atoms with Gasteiger partial charge in [0.05, 0.1) is 25.7 Å². The Morgan fingerprint density at radius 1 is 1.13 bits per heavy atom. The van der Waals surface area contributed by atoms with Gasteiger partial charge in [0, 0.05) is 76.2 Å². The maximum atomic E-state index is 11.5. The first-order valence-electron chi connectivity index (χ1n) is 10.3. The molecule has 1 aromatic rings. The van der Waals surface area contributed by atoms with Crippen LogP contribution >= 0.6 is 24.0 Å². The minimum atomic E-state index is -2.83. The first-order chi connectivity index (χ1) is 14.4. The van der Waals surface area contributed by atoms with Crippen molar-refractivity contribution >= 4 is 45.5 Å². The van der Waals surface area contributed by atoms with Gasteiger partial charge in [0.25, 0.3) is 0 Å². The van der Waals surface area contributed by atoms with Crippen LogP contribution in [0.4, 0.5) is 5.69 Å². The monoisotopic (exact) mass is 567 g/mol. The molecule has 31 heavy (non-hydrogen) atoms. The van der Waals surface area contributed by atoms with Gasteiger partial charge >= 0.3 is 0 Å². The molecule has 2 aliphatic rings. The molecule has 2 saturated heterocycles. The number of rotatable bonds is 7. The van der Waals surface area contributed by atoms with Gasteiger partial charge in [-0.3, -0.25) is 9.89 Å². The van der Waals surface area contributed by atoms with Gasteiger partial charge in [-0.15, -0.1) is 24.0 Å². The summed E-state index contributed by atoms with van der Waals surface area (Å²) in [5.41, 5.74) is 1.08. The molecule has 0 saturated carbocycles. The number of nitrogens with one attached hydrogen (secondary N) is 2. The SMILES string of the molecule is CN=C(NCCN1CCS(=O)(=O)CC1)NC1CCN(c2cc(OC)cc(OC)c2)C1.I. The Morgan fingerprint density at radius 2 is 1.77 bits per heavy atom. The maximum Gasteiger partial charge on any atom is 0.191 e. The molecule has 1 aromatic carbocycles. The van der Waals surface area contributed by atoms with Crippen LogP contribution in [0.2, 0.25) is 0 Å². The van der Waals surface area contributed by atoms with E-state index in [2.05, 4.69) is 25.4 Å². The molecule has 3 rings (SSSR count). The third kappa shape index (κ3) is 7.56. The second-order valence-electron chi connectivity index (χ2n) is 7.64. The minimum absolute atomic E-state index is 0. The van der Waals surface area contributed by atoms with Crippen LogP contribution in [0, 0.1) is 0 Å². The fraction of sp³-hybridized carbons (Fsp3) is 0.650. The highest BCUT2D eigenvalue weighted by Gasteiger charge is 2.25. The van der Waals surface area contributed by atoms with Crippen molar-refractivity contribution in [2.75, 3.05) is 76.9 Å². The summed E-state index contributed by atoms with van der Waals surface area (Å²) < 4.78 is 33.8. The summed E-state index contributed by atoms with van der Waals surface area (Å²) in [6.07, 6.45) is 1.00. The number of anilines is 1. The summed E-state index contributed by atoms with van der Waals surface area (Å²) in [7, 11) is 2.25. The van der Waals surface area contributed by atoms with E-state index in [-0.39, 0.29) is 41.5 Å². The number of aliphatic imine (C=N–C) groups is 1. The lowest BCUT2D eigenvalue weighted by atomic mass is 10.2. The molecule has 176 valence electrons. The second kappa shape index (κ2) is 12.0. The Morgan fingerprint density at radius 3 is 2.35 bits per heavy atom. The average Bonchev–Trinajstić information content (AvgIpc) is 3.22. The standard InChI is InChI=1S/C20H33N5O4S.HI/c1-21-20(22-5-7-24-8-10-30(26,27)11-9-24)23-16-4-6-25(15-16)17-12-18(28-2)14-19(13-17)29-3;/h12-14,16H,4-11,15H2,1-3H3,(H2,21,22,23);1H. The van der Waals surface area contributed by atoms with Crippen LogP contribution in [0.1, 0.15) is 6.42 Å². The largest absolute Gasteiger partial charge is 0.497 e. The number of guanidine groups is 1. The first-order valence-corrected chi connectivity index (χ1v) is 12.1. The third-order valence-corrected chi connectivity index (χ3v) is 7.22. The first kappa shape index (κ1) is 25.8. The van der Waals surface area contributed by atoms with Gasteiger partial charge in [-0.05, 0) is 6.42 Å². The molecule has 2 fully saturated rings. The van der Waals surface area contributed by atoms with Gasteiger partial charge < -0.3 is 25.0 Å². The molecule has 0 amide bonds. The number of nitrogens with zero attached hydrogens (tertiary/aromatic N) is 3. The lowest BCUT2D eigenvalue weighted by Gasteiger charge is -2.27. The molecular formula is C20H34IN5O4S. The van der Waals surface area contributed by atoms with E-state index in [0.29, 0.717) is 13.1 Å². The summed E-state index contributed by atoms with van der Waals surface area (Å²) in [4.78, 5) is 8.82. The molecule has 1 unspecified atom stereocenters. The Balaban J connectivity index is 0.00000341. The van der Waals surface area contributed by atoms with Crippen LogP contribution in [0.5, 0.6) is 11.5 Å². The zero-order chi connectivity index (χ0) is 21.6. The van der Waals surface area contributed by atoms with E-state index in [1.54, 1.807) is 21.3 Å². The molecule has 11 heteroatoms. The van der Waals surface area contributed by atoms with Gasteiger partial charge in [0.15, 0.2) is 15.8 Å². The van der Waals surface area contributed by atoms with Crippen molar-refractivity contribution in [3.05, 3.63) is 18.2 Å². The minimum Gasteiger partial charge on any atom is -0.497 e. The molecule has 2 heterocycles. The zero-order valence-electron chi connectivity index (χ0n) is 18.5. The van der Waals surface area contributed by atoms with Crippen LogP contribution in [-0.2, 0) is 9.84 Å². The number of methoxy groups -OCH3 is 2. The van der Waals surface area contributed by atoms with Gasteiger partial charge in [-0.25, -0.2) is 8.42 Å². The fourth-order valence-corrected chi connectivity index (χ4v) is 5.06. The lowest BCUT2D eigenvalue weighted by molar-refractivity contribution is 0.299. The lowest BCUT2D eigenvalue weighted by Crippen LogP contribution is -2.48. The van der Waals surface area contributed by atoms with Crippen LogP contribution in [0.25, 0.3) is 0 Å². The quantitative estimate of drug-likeness (QED) is 0.284. The second-order valence-corrected chi connectivity index (χ2v) is 9.94. The van der Waals surface area contributed by atoms with Crippen molar-refractivity contribution in [2.24, 2.45) is 4.99 Å². The Hall–Kier alpha value is -1.47. The van der Waals surface area contributed by atoms with Crippen LogP contribution in [-0.4, -0.2) is 97.4 Å². The van der Waals surface area contributed by atoms with Crippen molar-refractivity contribution < 1.29 is 17.9 Å². The number of benzene rings is 1. The van der Waals surface area contributed by atoms with Gasteiger partial charge in [0.2, 0.25) is 0 Å². The number of hydrogen-bond donors (Lipinski definition) is 2. The van der Waals surface area contributed by atoms with E-state index in [1.165, 1.54) is 0 Å². The number of ether oxygens (including phenoxy) is 2. The van der Waals surface area contributed by atoms with Crippen molar-refractivity contribution in [1.29, 1.82) is 0 Å². The van der Waals surface area contributed by atoms with E-state index < -0.39 is 9.84 Å². The predicted molar refractivity (Wildman–Crippen MR) is 135 cm³/mol. The van der Waals surface area contributed by atoms with Crippen molar-refractivity contribution in [3.63, 3.8) is 0 Å². The zero-order valence-corrected chi connectivity index (χ0v) is 21.6. The molecular weight excluding hydrogens is 533 g/mol. The van der Waals surface area contributed by atoms with Crippen LogP contribution < -0.4 is 25.0 Å². The summed E-state index contributed by atoms with van der Waals surface area (Å²) in [6, 6.07) is 6.21. The van der Waals surface area contributed by atoms with Crippen molar-refractivity contribution in [3.8, 4) is 11.5 Å². The molecule has 0 radical (unpaired) electrons. The van der Waals surface area contributed by atoms with Gasteiger partial charge in [0.1, 0.15) is 11.5 Å². The topological polar surface area (TPSA) is 95.5 Å². The van der Waals surface area contributed by atoms with Crippen molar-refractivity contribution in [1.82, 2.24) is 15.5 Å². The highest BCUT2D eigenvalue weighted by Crippen LogP contribution is 2.30. The molecule has 0 aliphatic carbocycles. The normalized spacial score (nSPS) is 21.3. The van der Waals surface area contributed by atoms with E-state index in [9.17, 15) is 8.42 Å². The average molecular weight is 567 g/mol. The highest BCUT2D eigenvalue weighted by atomic mass is 127. The molecule has 0 aromatic heterocycles. The fourth-order valence-electron chi connectivity index (χ4n) is 3.78. The molecule has 0 bridgehead atoms. The molecule has 1 atom stereocenters. The summed E-state index contributed by atoms with van der Waals surface area (Å²) in [5.74, 6) is 2.85. The molecule has 9 nitrogen and oxygen atoms in total. The van der Waals surface area contributed by atoms with E-state index >= 15 is 0 Å². The molecule has 0 spiro atoms. The highest BCUT2D eigenvalue weighted by molar-refractivity contribution is 14.0.